The molecular weight excluding hydrogens is 144 g/mol. The smallest absolute Gasteiger partial charge is 0.0161 e. The summed E-state index contributed by atoms with van der Waals surface area (Å²) < 4.78 is 0. The molecule has 1 aromatic rings. The van der Waals surface area contributed by atoms with Gasteiger partial charge in [0.1, 0.15) is 0 Å². The molecule has 0 atom stereocenters. The van der Waals surface area contributed by atoms with Crippen LogP contribution >= 0.6 is 0 Å². The van der Waals surface area contributed by atoms with E-state index in [2.05, 4.69) is 25.6 Å². The lowest BCUT2D eigenvalue weighted by molar-refractivity contribution is 1.37. The van der Waals surface area contributed by atoms with E-state index in [1.807, 2.05) is 31.2 Å². The first kappa shape index (κ1) is 8.79. The molecule has 0 aliphatic heterocycles. The van der Waals surface area contributed by atoms with Crippen molar-refractivity contribution in [2.75, 3.05) is 0 Å². The molecule has 0 saturated carbocycles. The summed E-state index contributed by atoms with van der Waals surface area (Å²) in [6, 6.07) is 6.16. The molecule has 0 N–H and O–H groups in total. The van der Waals surface area contributed by atoms with Gasteiger partial charge in [-0.3, -0.25) is 0 Å². The lowest BCUT2D eigenvalue weighted by Gasteiger charge is -1.92. The van der Waals surface area contributed by atoms with Gasteiger partial charge in [-0.05, 0) is 29.8 Å². The molecule has 0 heteroatoms. The lowest BCUT2D eigenvalue weighted by atomic mass is 10.1. The summed E-state index contributed by atoms with van der Waals surface area (Å²) in [6.45, 7) is 8.08. The normalized spacial score (nSPS) is 12.7. The van der Waals surface area contributed by atoms with Crippen LogP contribution in [0.1, 0.15) is 12.5 Å². The van der Waals surface area contributed by atoms with Gasteiger partial charge in [0, 0.05) is 0 Å². The first-order valence-corrected chi connectivity index (χ1v) is 4.13. The molecule has 0 fully saturated rings. The van der Waals surface area contributed by atoms with Crippen molar-refractivity contribution in [1.82, 2.24) is 0 Å². The van der Waals surface area contributed by atoms with E-state index >= 15 is 0 Å². The number of benzene rings is 1. The number of hydrogen-bond donors (Lipinski definition) is 0. The summed E-state index contributed by atoms with van der Waals surface area (Å²) in [5, 5.41) is 2.32. The van der Waals surface area contributed by atoms with Crippen molar-refractivity contribution in [3.05, 3.63) is 46.4 Å². The molecule has 0 unspecified atom stereocenters. The monoisotopic (exact) mass is 158 g/mol. The molecule has 1 aromatic carbocycles. The van der Waals surface area contributed by atoms with E-state index in [9.17, 15) is 0 Å². The first-order valence-electron chi connectivity index (χ1n) is 4.13. The summed E-state index contributed by atoms with van der Waals surface area (Å²) in [5.74, 6) is 0. The number of rotatable bonds is 1. The van der Waals surface area contributed by atoms with Gasteiger partial charge in [0.05, 0.1) is 0 Å². The number of hydrogen-bond acceptors (Lipinski definition) is 0. The average Bonchev–Trinajstić information content (AvgIpc) is 2.04. The van der Waals surface area contributed by atoms with E-state index < -0.39 is 0 Å². The summed E-state index contributed by atoms with van der Waals surface area (Å²) in [6.07, 6.45) is 6.15. The van der Waals surface area contributed by atoms with E-state index in [0.29, 0.717) is 0 Å². The molecule has 0 aliphatic carbocycles. The highest BCUT2D eigenvalue weighted by Gasteiger charge is 1.85. The third-order valence-electron chi connectivity index (χ3n) is 1.87. The standard InChI is InChI=1S/C12H14/c1-4-5-9-12-10(2)7-6-8-11(12)3/h4-9H,2H2,1,3H3. The molecule has 0 aliphatic rings. The maximum Gasteiger partial charge on any atom is -0.0161 e. The van der Waals surface area contributed by atoms with Crippen LogP contribution in [0.25, 0.3) is 12.7 Å². The summed E-state index contributed by atoms with van der Waals surface area (Å²) in [4.78, 5) is 0. The third-order valence-corrected chi connectivity index (χ3v) is 1.87. The van der Waals surface area contributed by atoms with Crippen LogP contribution in [0.3, 0.4) is 0 Å². The van der Waals surface area contributed by atoms with E-state index in [0.717, 1.165) is 5.22 Å². The van der Waals surface area contributed by atoms with Gasteiger partial charge in [-0.25, -0.2) is 0 Å². The molecule has 0 spiro atoms. The van der Waals surface area contributed by atoms with Gasteiger partial charge < -0.3 is 0 Å². The van der Waals surface area contributed by atoms with Crippen LogP contribution in [-0.2, 0) is 0 Å². The zero-order valence-corrected chi connectivity index (χ0v) is 7.67. The predicted octanol–water partition coefficient (Wildman–Crippen LogP) is 1.76. The summed E-state index contributed by atoms with van der Waals surface area (Å²) in [5.41, 5.74) is 1.28. The fraction of sp³-hybridized carbons (Fsp3) is 0.167. The zero-order chi connectivity index (χ0) is 8.97. The van der Waals surface area contributed by atoms with Gasteiger partial charge >= 0.3 is 0 Å². The molecule has 0 amide bonds. The van der Waals surface area contributed by atoms with E-state index in [1.54, 1.807) is 0 Å². The van der Waals surface area contributed by atoms with Crippen molar-refractivity contribution in [2.45, 2.75) is 13.8 Å². The fourth-order valence-electron chi connectivity index (χ4n) is 1.17. The van der Waals surface area contributed by atoms with Gasteiger partial charge in [-0.1, -0.05) is 43.0 Å². The Labute approximate surface area is 73.6 Å². The van der Waals surface area contributed by atoms with Crippen LogP contribution in [0.4, 0.5) is 0 Å². The predicted molar refractivity (Wildman–Crippen MR) is 55.2 cm³/mol. The minimum atomic E-state index is 1.09. The van der Waals surface area contributed by atoms with Crippen molar-refractivity contribution >= 4 is 12.7 Å². The Hall–Kier alpha value is -1.30. The second-order valence-electron chi connectivity index (χ2n) is 2.84. The lowest BCUT2D eigenvalue weighted by Crippen LogP contribution is -2.24. The Kier molecular flexibility index (Phi) is 2.87. The maximum absolute atomic E-state index is 3.97. The van der Waals surface area contributed by atoms with Crippen molar-refractivity contribution in [2.24, 2.45) is 0 Å². The molecule has 0 aromatic heterocycles. The highest BCUT2D eigenvalue weighted by molar-refractivity contribution is 5.40. The second-order valence-corrected chi connectivity index (χ2v) is 2.84. The van der Waals surface area contributed by atoms with Gasteiger partial charge in [0.25, 0.3) is 0 Å². The van der Waals surface area contributed by atoms with E-state index in [-0.39, 0.29) is 0 Å². The van der Waals surface area contributed by atoms with Crippen LogP contribution in [0, 0.1) is 6.92 Å². The molecule has 0 radical (unpaired) electrons. The third kappa shape index (κ3) is 1.85. The quantitative estimate of drug-likeness (QED) is 0.584. The SMILES string of the molecule is C=c1cccc(C)c1=CC=CC. The highest BCUT2D eigenvalue weighted by atomic mass is 13.9. The topological polar surface area (TPSA) is 0 Å². The number of allylic oxidation sites excluding steroid dienone is 2. The van der Waals surface area contributed by atoms with Crippen LogP contribution < -0.4 is 10.4 Å². The Morgan fingerprint density at radius 2 is 2.08 bits per heavy atom. The fourth-order valence-corrected chi connectivity index (χ4v) is 1.17. The molecule has 0 saturated heterocycles. The molecule has 12 heavy (non-hydrogen) atoms. The van der Waals surface area contributed by atoms with Crippen molar-refractivity contribution in [1.29, 1.82) is 0 Å². The molecule has 62 valence electrons. The number of aryl methyl sites for hydroxylation is 1. The Morgan fingerprint density at radius 3 is 2.67 bits per heavy atom. The van der Waals surface area contributed by atoms with E-state index in [4.69, 9.17) is 0 Å². The van der Waals surface area contributed by atoms with Crippen LogP contribution in [0.15, 0.2) is 30.4 Å². The van der Waals surface area contributed by atoms with Crippen molar-refractivity contribution < 1.29 is 0 Å². The molecule has 0 heterocycles. The van der Waals surface area contributed by atoms with E-state index in [1.165, 1.54) is 10.8 Å². The second kappa shape index (κ2) is 3.91. The minimum absolute atomic E-state index is 1.09. The van der Waals surface area contributed by atoms with Gasteiger partial charge in [-0.2, -0.15) is 0 Å². The zero-order valence-electron chi connectivity index (χ0n) is 7.67. The Bertz CT molecular complexity index is 383. The highest BCUT2D eigenvalue weighted by Crippen LogP contribution is 1.83. The molecule has 1 rings (SSSR count). The summed E-state index contributed by atoms with van der Waals surface area (Å²) in [7, 11) is 0. The van der Waals surface area contributed by atoms with Crippen LogP contribution in [0.2, 0.25) is 0 Å². The summed E-state index contributed by atoms with van der Waals surface area (Å²) >= 11 is 0. The Morgan fingerprint density at radius 1 is 1.33 bits per heavy atom. The average molecular weight is 158 g/mol. The largest absolute Gasteiger partial charge is 0.0912 e. The van der Waals surface area contributed by atoms with Gasteiger partial charge in [0.2, 0.25) is 0 Å². The minimum Gasteiger partial charge on any atom is -0.0912 e. The molecular formula is C12H14. The maximum atomic E-state index is 3.97. The van der Waals surface area contributed by atoms with Gasteiger partial charge in [0.15, 0.2) is 0 Å². The van der Waals surface area contributed by atoms with Crippen LogP contribution in [-0.4, -0.2) is 0 Å². The molecule has 0 bridgehead atoms. The van der Waals surface area contributed by atoms with Crippen LogP contribution in [0.5, 0.6) is 0 Å². The van der Waals surface area contributed by atoms with Gasteiger partial charge in [-0.15, -0.1) is 0 Å². The van der Waals surface area contributed by atoms with Crippen molar-refractivity contribution in [3.8, 4) is 0 Å². The molecule has 0 nitrogen and oxygen atoms in total. The van der Waals surface area contributed by atoms with Crippen molar-refractivity contribution in [3.63, 3.8) is 0 Å². The Balaban J connectivity index is 3.41. The first-order chi connectivity index (χ1) is 5.75.